The lowest BCUT2D eigenvalue weighted by atomic mass is 10.4. The van der Waals surface area contributed by atoms with Gasteiger partial charge in [-0.25, -0.2) is 9.97 Å². The van der Waals surface area contributed by atoms with Crippen LogP contribution in [-0.2, 0) is 4.79 Å². The number of nitrogens with one attached hydrogen (secondary N) is 1. The molecular formula is C7H6BrCl2N3O. The van der Waals surface area contributed by atoms with Gasteiger partial charge in [0, 0.05) is 17.8 Å². The number of aromatic nitrogens is 2. The van der Waals surface area contributed by atoms with E-state index in [1.54, 1.807) is 0 Å². The fourth-order valence-corrected chi connectivity index (χ4v) is 1.51. The second kappa shape index (κ2) is 5.48. The van der Waals surface area contributed by atoms with Crippen LogP contribution < -0.4 is 5.32 Å². The minimum atomic E-state index is -0.160. The molecule has 1 aromatic heterocycles. The molecule has 0 saturated heterocycles. The van der Waals surface area contributed by atoms with Crippen molar-refractivity contribution in [3.8, 4) is 0 Å². The highest BCUT2D eigenvalue weighted by atomic mass is 79.9. The van der Waals surface area contributed by atoms with Crippen molar-refractivity contribution < 1.29 is 4.79 Å². The fourth-order valence-electron chi connectivity index (χ4n) is 0.745. The molecule has 0 aromatic carbocycles. The first-order chi connectivity index (χ1) is 6.61. The number of carbonyl (C=O) groups is 1. The molecule has 1 aromatic rings. The van der Waals surface area contributed by atoms with Crippen LogP contribution in [0.3, 0.4) is 0 Å². The van der Waals surface area contributed by atoms with Gasteiger partial charge in [0.1, 0.15) is 11.0 Å². The van der Waals surface area contributed by atoms with E-state index in [0.29, 0.717) is 17.6 Å². The normalized spacial score (nSPS) is 9.93. The van der Waals surface area contributed by atoms with Crippen molar-refractivity contribution in [1.29, 1.82) is 0 Å². The van der Waals surface area contributed by atoms with E-state index in [0.717, 1.165) is 0 Å². The number of hydrogen-bond acceptors (Lipinski definition) is 3. The van der Waals surface area contributed by atoms with Gasteiger partial charge in [-0.15, -0.1) is 0 Å². The minimum Gasteiger partial charge on any atom is -0.310 e. The van der Waals surface area contributed by atoms with E-state index in [1.165, 1.54) is 6.07 Å². The summed E-state index contributed by atoms with van der Waals surface area (Å²) < 4.78 is 0. The van der Waals surface area contributed by atoms with Gasteiger partial charge < -0.3 is 5.32 Å². The van der Waals surface area contributed by atoms with E-state index >= 15 is 0 Å². The predicted octanol–water partition coefficient (Wildman–Crippen LogP) is 2.51. The quantitative estimate of drug-likeness (QED) is 0.530. The summed E-state index contributed by atoms with van der Waals surface area (Å²) in [5.74, 6) is 0.147. The Labute approximate surface area is 99.2 Å². The molecular weight excluding hydrogens is 293 g/mol. The summed E-state index contributed by atoms with van der Waals surface area (Å²) in [5, 5.41) is 3.32. The Bertz CT molecular complexity index is 327. The Morgan fingerprint density at radius 2 is 2.21 bits per heavy atom. The van der Waals surface area contributed by atoms with Gasteiger partial charge in [0.15, 0.2) is 0 Å². The monoisotopic (exact) mass is 297 g/mol. The molecule has 7 heteroatoms. The number of anilines is 1. The van der Waals surface area contributed by atoms with Crippen LogP contribution in [0.15, 0.2) is 6.07 Å². The van der Waals surface area contributed by atoms with Crippen molar-refractivity contribution in [2.45, 2.75) is 6.42 Å². The third kappa shape index (κ3) is 3.77. The van der Waals surface area contributed by atoms with Crippen molar-refractivity contribution in [3.63, 3.8) is 0 Å². The predicted molar refractivity (Wildman–Crippen MR) is 59.1 cm³/mol. The second-order valence-corrected chi connectivity index (χ2v) is 3.85. The number of carbonyl (C=O) groups excluding carboxylic acids is 1. The van der Waals surface area contributed by atoms with E-state index in [1.807, 2.05) is 0 Å². The molecule has 0 saturated carbocycles. The molecule has 0 bridgehead atoms. The zero-order valence-electron chi connectivity index (χ0n) is 6.93. The zero-order chi connectivity index (χ0) is 10.6. The molecule has 4 nitrogen and oxygen atoms in total. The molecule has 0 spiro atoms. The molecule has 0 atom stereocenters. The number of rotatable bonds is 3. The Balaban J connectivity index is 2.71. The summed E-state index contributed by atoms with van der Waals surface area (Å²) in [6, 6.07) is 1.43. The maximum atomic E-state index is 11.1. The molecule has 0 fully saturated rings. The third-order valence-corrected chi connectivity index (χ3v) is 2.02. The summed E-state index contributed by atoms with van der Waals surface area (Å²) in [7, 11) is 0. The molecule has 0 aliphatic carbocycles. The van der Waals surface area contributed by atoms with Gasteiger partial charge in [0.25, 0.3) is 0 Å². The third-order valence-electron chi connectivity index (χ3n) is 1.26. The van der Waals surface area contributed by atoms with Crippen molar-refractivity contribution >= 4 is 50.9 Å². The van der Waals surface area contributed by atoms with Crippen molar-refractivity contribution in [2.75, 3.05) is 10.6 Å². The molecule has 0 radical (unpaired) electrons. The molecule has 1 rings (SSSR count). The fraction of sp³-hybridized carbons (Fsp3) is 0.286. The van der Waals surface area contributed by atoms with E-state index < -0.39 is 0 Å². The lowest BCUT2D eigenvalue weighted by molar-refractivity contribution is -0.115. The summed E-state index contributed by atoms with van der Waals surface area (Å²) in [5.41, 5.74) is 0. The Morgan fingerprint density at radius 1 is 1.50 bits per heavy atom. The molecule has 76 valence electrons. The summed E-state index contributed by atoms with van der Waals surface area (Å²) in [6.07, 6.45) is 0.360. The number of amides is 1. The first kappa shape index (κ1) is 11.7. The SMILES string of the molecule is O=C(CCBr)Nc1cc(Cl)nc(Cl)n1. The van der Waals surface area contributed by atoms with Crippen LogP contribution in [0.1, 0.15) is 6.42 Å². The van der Waals surface area contributed by atoms with Gasteiger partial charge in [-0.2, -0.15) is 0 Å². The number of hydrogen-bond donors (Lipinski definition) is 1. The smallest absolute Gasteiger partial charge is 0.226 e. The van der Waals surface area contributed by atoms with Crippen molar-refractivity contribution in [3.05, 3.63) is 16.5 Å². The van der Waals surface area contributed by atoms with Crippen LogP contribution in [0.4, 0.5) is 5.82 Å². The van der Waals surface area contributed by atoms with Gasteiger partial charge in [0.2, 0.25) is 11.2 Å². The van der Waals surface area contributed by atoms with Crippen molar-refractivity contribution in [2.24, 2.45) is 0 Å². The van der Waals surface area contributed by atoms with Crippen LogP contribution >= 0.6 is 39.1 Å². The number of alkyl halides is 1. The van der Waals surface area contributed by atoms with Crippen molar-refractivity contribution in [1.82, 2.24) is 9.97 Å². The largest absolute Gasteiger partial charge is 0.310 e. The first-order valence-corrected chi connectivity index (χ1v) is 5.55. The summed E-state index contributed by atoms with van der Waals surface area (Å²) in [4.78, 5) is 18.6. The standard InChI is InChI=1S/C7H6BrCl2N3O/c8-2-1-6(14)12-5-3-4(9)11-7(10)13-5/h3H,1-2H2,(H,11,12,13,14). The van der Waals surface area contributed by atoms with E-state index in [2.05, 4.69) is 31.2 Å². The van der Waals surface area contributed by atoms with Gasteiger partial charge >= 0.3 is 0 Å². The van der Waals surface area contributed by atoms with Gasteiger partial charge in [-0.1, -0.05) is 27.5 Å². The number of halogens is 3. The highest BCUT2D eigenvalue weighted by molar-refractivity contribution is 9.09. The molecule has 1 N–H and O–H groups in total. The molecule has 0 aliphatic rings. The van der Waals surface area contributed by atoms with E-state index in [9.17, 15) is 4.79 Å². The lowest BCUT2D eigenvalue weighted by Crippen LogP contribution is -2.12. The van der Waals surface area contributed by atoms with Crippen LogP contribution in [0, 0.1) is 0 Å². The Morgan fingerprint density at radius 3 is 2.79 bits per heavy atom. The summed E-state index contributed by atoms with van der Waals surface area (Å²) >= 11 is 14.3. The van der Waals surface area contributed by atoms with E-state index in [-0.39, 0.29) is 16.3 Å². The second-order valence-electron chi connectivity index (χ2n) is 2.33. The Kier molecular flexibility index (Phi) is 4.57. The maximum absolute atomic E-state index is 11.1. The summed E-state index contributed by atoms with van der Waals surface area (Å²) in [6.45, 7) is 0. The highest BCUT2D eigenvalue weighted by Gasteiger charge is 2.05. The maximum Gasteiger partial charge on any atom is 0.226 e. The van der Waals surface area contributed by atoms with Crippen LogP contribution in [0.2, 0.25) is 10.4 Å². The van der Waals surface area contributed by atoms with Gasteiger partial charge in [-0.05, 0) is 11.6 Å². The van der Waals surface area contributed by atoms with E-state index in [4.69, 9.17) is 23.2 Å². The molecule has 0 unspecified atom stereocenters. The lowest BCUT2D eigenvalue weighted by Gasteiger charge is -2.02. The van der Waals surface area contributed by atoms with Crippen LogP contribution in [0.5, 0.6) is 0 Å². The number of nitrogens with zero attached hydrogens (tertiary/aromatic N) is 2. The topological polar surface area (TPSA) is 54.9 Å². The van der Waals surface area contributed by atoms with Gasteiger partial charge in [0.05, 0.1) is 0 Å². The molecule has 0 aliphatic heterocycles. The van der Waals surface area contributed by atoms with Crippen LogP contribution in [-0.4, -0.2) is 21.2 Å². The van der Waals surface area contributed by atoms with Gasteiger partial charge in [-0.3, -0.25) is 4.79 Å². The first-order valence-electron chi connectivity index (χ1n) is 3.67. The average Bonchev–Trinajstić information content (AvgIpc) is 2.01. The molecule has 14 heavy (non-hydrogen) atoms. The zero-order valence-corrected chi connectivity index (χ0v) is 10.0. The molecule has 1 amide bonds. The highest BCUT2D eigenvalue weighted by Crippen LogP contribution is 2.14. The Hall–Kier alpha value is -0.390. The molecule has 1 heterocycles. The minimum absolute atomic E-state index is 0.00615. The average molecular weight is 299 g/mol. The van der Waals surface area contributed by atoms with Crippen LogP contribution in [0.25, 0.3) is 0 Å².